The predicted molar refractivity (Wildman–Crippen MR) is 42.5 cm³/mol. The third-order valence-electron chi connectivity index (χ3n) is 1.77. The lowest BCUT2D eigenvalue weighted by molar-refractivity contribution is -0.177. The molecule has 0 aromatic carbocycles. The number of allylic oxidation sites excluding steroid dienone is 1. The summed E-state index contributed by atoms with van der Waals surface area (Å²) in [6, 6.07) is 0. The molecule has 0 spiro atoms. The quantitative estimate of drug-likeness (QED) is 0.504. The molecule has 0 aromatic heterocycles. The summed E-state index contributed by atoms with van der Waals surface area (Å²) in [5.41, 5.74) is 0. The molecule has 1 aliphatic carbocycles. The summed E-state index contributed by atoms with van der Waals surface area (Å²) in [6.07, 6.45) is 3.50. The van der Waals surface area contributed by atoms with Gasteiger partial charge in [0.25, 0.3) is 0 Å². The molecular weight excluding hydrogens is 176 g/mol. The fraction of sp³-hybridized carbons (Fsp3) is 0.375. The number of aliphatic hydroxyl groups is 2. The van der Waals surface area contributed by atoms with Gasteiger partial charge in [-0.15, -0.1) is 0 Å². The van der Waals surface area contributed by atoms with Crippen LogP contribution in [0.2, 0.25) is 0 Å². The molecule has 0 radical (unpaired) electrons. The van der Waals surface area contributed by atoms with Crippen LogP contribution in [0.4, 0.5) is 0 Å². The summed E-state index contributed by atoms with van der Waals surface area (Å²) >= 11 is 0. The lowest BCUT2D eigenvalue weighted by Crippen LogP contribution is -2.41. The van der Waals surface area contributed by atoms with Crippen molar-refractivity contribution in [3.05, 3.63) is 24.0 Å². The van der Waals surface area contributed by atoms with Crippen molar-refractivity contribution in [3.8, 4) is 0 Å². The van der Waals surface area contributed by atoms with Gasteiger partial charge in [0.2, 0.25) is 5.79 Å². The number of methoxy groups -OCH3 is 1. The first-order chi connectivity index (χ1) is 5.97. The number of hydrogen-bond acceptors (Lipinski definition) is 4. The van der Waals surface area contributed by atoms with E-state index in [2.05, 4.69) is 0 Å². The monoisotopic (exact) mass is 186 g/mol. The Morgan fingerprint density at radius 3 is 2.62 bits per heavy atom. The lowest BCUT2D eigenvalue weighted by Gasteiger charge is -2.26. The summed E-state index contributed by atoms with van der Waals surface area (Å²) in [7, 11) is 1.35. The molecule has 1 aliphatic rings. The summed E-state index contributed by atoms with van der Waals surface area (Å²) in [6.45, 7) is 0. The first kappa shape index (κ1) is 9.76. The fourth-order valence-electron chi connectivity index (χ4n) is 1.07. The highest BCUT2D eigenvalue weighted by molar-refractivity contribution is 5.74. The Hall–Kier alpha value is -1.33. The van der Waals surface area contributed by atoms with Crippen molar-refractivity contribution < 1.29 is 24.9 Å². The molecule has 0 saturated heterocycles. The van der Waals surface area contributed by atoms with Gasteiger partial charge in [0, 0.05) is 6.08 Å². The molecule has 3 N–H and O–H groups in total. The Morgan fingerprint density at radius 1 is 1.62 bits per heavy atom. The Labute approximate surface area is 74.6 Å². The highest BCUT2D eigenvalue weighted by Crippen LogP contribution is 2.25. The number of carbonyl (C=O) groups is 1. The zero-order valence-corrected chi connectivity index (χ0v) is 6.97. The second-order valence-corrected chi connectivity index (χ2v) is 2.71. The molecular formula is C8H10O5. The van der Waals surface area contributed by atoms with Crippen LogP contribution in [0.1, 0.15) is 0 Å². The van der Waals surface area contributed by atoms with E-state index in [9.17, 15) is 15.0 Å². The largest absolute Gasteiger partial charge is 0.497 e. The minimum Gasteiger partial charge on any atom is -0.497 e. The van der Waals surface area contributed by atoms with E-state index in [0.717, 1.165) is 6.08 Å². The molecule has 0 aromatic rings. The van der Waals surface area contributed by atoms with Crippen LogP contribution in [0, 0.1) is 5.92 Å². The van der Waals surface area contributed by atoms with Crippen LogP contribution in [0.3, 0.4) is 0 Å². The van der Waals surface area contributed by atoms with Crippen molar-refractivity contribution in [1.82, 2.24) is 0 Å². The van der Waals surface area contributed by atoms with E-state index in [1.165, 1.54) is 19.3 Å². The SMILES string of the molecule is COC1=CC(O)(O)C(C(=O)O)C=C1. The normalized spacial score (nSPS) is 25.2. The van der Waals surface area contributed by atoms with Crippen molar-refractivity contribution in [2.45, 2.75) is 5.79 Å². The van der Waals surface area contributed by atoms with Crippen LogP contribution in [-0.2, 0) is 9.53 Å². The summed E-state index contributed by atoms with van der Waals surface area (Å²) in [5.74, 6) is -4.81. The summed E-state index contributed by atoms with van der Waals surface area (Å²) in [5, 5.41) is 27.1. The second-order valence-electron chi connectivity index (χ2n) is 2.71. The molecule has 13 heavy (non-hydrogen) atoms. The van der Waals surface area contributed by atoms with Crippen LogP contribution in [0.25, 0.3) is 0 Å². The van der Waals surface area contributed by atoms with Crippen LogP contribution in [0.5, 0.6) is 0 Å². The van der Waals surface area contributed by atoms with E-state index in [1.807, 2.05) is 0 Å². The summed E-state index contributed by atoms with van der Waals surface area (Å²) in [4.78, 5) is 10.5. The predicted octanol–water partition coefficient (Wildman–Crippen LogP) is -0.532. The number of rotatable bonds is 2. The van der Waals surface area contributed by atoms with E-state index in [0.29, 0.717) is 0 Å². The van der Waals surface area contributed by atoms with E-state index >= 15 is 0 Å². The Kier molecular flexibility index (Phi) is 2.40. The molecule has 0 saturated carbocycles. The maximum absolute atomic E-state index is 10.5. The van der Waals surface area contributed by atoms with Crippen molar-refractivity contribution >= 4 is 5.97 Å². The number of carboxylic acid groups (broad SMARTS) is 1. The number of ether oxygens (including phenoxy) is 1. The topological polar surface area (TPSA) is 87.0 Å². The highest BCUT2D eigenvalue weighted by Gasteiger charge is 2.39. The van der Waals surface area contributed by atoms with Crippen LogP contribution < -0.4 is 0 Å². The third kappa shape index (κ3) is 1.88. The van der Waals surface area contributed by atoms with Gasteiger partial charge in [-0.05, 0) is 6.08 Å². The fourth-order valence-corrected chi connectivity index (χ4v) is 1.07. The van der Waals surface area contributed by atoms with Gasteiger partial charge in [-0.2, -0.15) is 0 Å². The van der Waals surface area contributed by atoms with E-state index in [4.69, 9.17) is 9.84 Å². The Bertz CT molecular complexity index is 276. The van der Waals surface area contributed by atoms with E-state index in [1.54, 1.807) is 0 Å². The average Bonchev–Trinajstić information content (AvgIpc) is 2.01. The highest BCUT2D eigenvalue weighted by atomic mass is 16.5. The molecule has 5 heteroatoms. The van der Waals surface area contributed by atoms with Crippen molar-refractivity contribution in [1.29, 1.82) is 0 Å². The number of hydrogen-bond donors (Lipinski definition) is 3. The number of carboxylic acids is 1. The van der Waals surface area contributed by atoms with Crippen molar-refractivity contribution in [2.75, 3.05) is 7.11 Å². The van der Waals surface area contributed by atoms with E-state index < -0.39 is 17.7 Å². The van der Waals surface area contributed by atoms with Gasteiger partial charge in [0.05, 0.1) is 7.11 Å². The standard InChI is InChI=1S/C8H10O5/c1-13-5-2-3-6(7(9)10)8(11,12)4-5/h2-4,6,11-12H,1H3,(H,9,10). The molecule has 1 atom stereocenters. The molecule has 5 nitrogen and oxygen atoms in total. The van der Waals surface area contributed by atoms with Gasteiger partial charge >= 0.3 is 5.97 Å². The van der Waals surface area contributed by atoms with Gasteiger partial charge in [-0.25, -0.2) is 0 Å². The zero-order valence-electron chi connectivity index (χ0n) is 6.97. The van der Waals surface area contributed by atoms with Crippen molar-refractivity contribution in [3.63, 3.8) is 0 Å². The minimum absolute atomic E-state index is 0.225. The van der Waals surface area contributed by atoms with Crippen LogP contribution >= 0.6 is 0 Å². The van der Waals surface area contributed by atoms with Crippen LogP contribution in [0.15, 0.2) is 24.0 Å². The van der Waals surface area contributed by atoms with Gasteiger partial charge in [-0.1, -0.05) is 6.08 Å². The Balaban J connectivity index is 2.94. The zero-order chi connectivity index (χ0) is 10.1. The third-order valence-corrected chi connectivity index (χ3v) is 1.77. The average molecular weight is 186 g/mol. The molecule has 1 unspecified atom stereocenters. The molecule has 0 heterocycles. The summed E-state index contributed by atoms with van der Waals surface area (Å²) < 4.78 is 4.72. The molecule has 72 valence electrons. The second kappa shape index (κ2) is 3.20. The molecule has 1 rings (SSSR count). The maximum atomic E-state index is 10.5. The van der Waals surface area contributed by atoms with Gasteiger partial charge < -0.3 is 20.1 Å². The van der Waals surface area contributed by atoms with Gasteiger partial charge in [0.1, 0.15) is 11.7 Å². The molecule has 0 amide bonds. The number of aliphatic carboxylic acids is 1. The molecule has 0 fully saturated rings. The molecule has 0 bridgehead atoms. The van der Waals surface area contributed by atoms with Gasteiger partial charge in [0.15, 0.2) is 0 Å². The maximum Gasteiger partial charge on any atom is 0.316 e. The first-order valence-corrected chi connectivity index (χ1v) is 3.60. The van der Waals surface area contributed by atoms with Gasteiger partial charge in [-0.3, -0.25) is 4.79 Å². The molecule has 0 aliphatic heterocycles. The van der Waals surface area contributed by atoms with E-state index in [-0.39, 0.29) is 5.76 Å². The minimum atomic E-state index is -2.38. The first-order valence-electron chi connectivity index (χ1n) is 3.60. The van der Waals surface area contributed by atoms with Crippen LogP contribution in [-0.4, -0.2) is 34.2 Å². The lowest BCUT2D eigenvalue weighted by atomic mass is 9.93. The Morgan fingerprint density at radius 2 is 2.23 bits per heavy atom. The smallest absolute Gasteiger partial charge is 0.316 e. The van der Waals surface area contributed by atoms with Crippen molar-refractivity contribution in [2.24, 2.45) is 5.92 Å².